The van der Waals surface area contributed by atoms with Crippen LogP contribution < -0.4 is 15.8 Å². The van der Waals surface area contributed by atoms with Gasteiger partial charge in [0.1, 0.15) is 12.5 Å². The van der Waals surface area contributed by atoms with E-state index in [1.54, 1.807) is 14.2 Å². The molecule has 1 aromatic carbocycles. The summed E-state index contributed by atoms with van der Waals surface area (Å²) in [5.41, 5.74) is 8.19. The van der Waals surface area contributed by atoms with Gasteiger partial charge in [0.05, 0.1) is 25.9 Å². The Morgan fingerprint density at radius 2 is 1.78 bits per heavy atom. The predicted molar refractivity (Wildman–Crippen MR) is 147 cm³/mol. The molecule has 0 heterocycles. The number of nitrogens with one attached hydrogen (secondary N) is 1. The second kappa shape index (κ2) is 17.7. The number of hydrogen-bond acceptors (Lipinski definition) is 7. The molecule has 214 valence electrons. The first-order valence-corrected chi connectivity index (χ1v) is 13.7. The Morgan fingerprint density at radius 1 is 1.08 bits per heavy atom. The molecule has 8 nitrogen and oxygen atoms in total. The molecule has 0 aliphatic heterocycles. The molecule has 0 unspecified atom stereocenters. The SMILES string of the molecule is CCCCNC(=O)[C@@H](C[C@H](O)[C@@H](N)C[C@@H](C(C)C)[C@H](O)c1ccc(OC)c(CCOCOC)c1)C(C)C. The van der Waals surface area contributed by atoms with Crippen LogP contribution in [0.25, 0.3) is 0 Å². The molecule has 0 radical (unpaired) electrons. The first kappa shape index (κ1) is 33.3. The van der Waals surface area contributed by atoms with Gasteiger partial charge in [-0.25, -0.2) is 0 Å². The van der Waals surface area contributed by atoms with Crippen LogP contribution in [0.4, 0.5) is 0 Å². The minimum Gasteiger partial charge on any atom is -0.496 e. The van der Waals surface area contributed by atoms with Gasteiger partial charge in [0.25, 0.3) is 0 Å². The minimum atomic E-state index is -0.845. The van der Waals surface area contributed by atoms with E-state index in [-0.39, 0.29) is 36.4 Å². The van der Waals surface area contributed by atoms with Gasteiger partial charge in [0.15, 0.2) is 0 Å². The third kappa shape index (κ3) is 11.3. The van der Waals surface area contributed by atoms with E-state index in [4.69, 9.17) is 19.9 Å². The average molecular weight is 525 g/mol. The summed E-state index contributed by atoms with van der Waals surface area (Å²) in [6, 6.07) is 5.12. The smallest absolute Gasteiger partial charge is 0.223 e. The van der Waals surface area contributed by atoms with Gasteiger partial charge >= 0.3 is 0 Å². The maximum atomic E-state index is 12.7. The molecule has 0 aliphatic rings. The van der Waals surface area contributed by atoms with Crippen molar-refractivity contribution in [3.63, 3.8) is 0 Å². The molecular formula is C29H52N2O6. The monoisotopic (exact) mass is 524 g/mol. The van der Waals surface area contributed by atoms with Crippen molar-refractivity contribution in [3.05, 3.63) is 29.3 Å². The van der Waals surface area contributed by atoms with Gasteiger partial charge < -0.3 is 35.5 Å². The summed E-state index contributed by atoms with van der Waals surface area (Å²) in [7, 11) is 3.20. The topological polar surface area (TPSA) is 123 Å². The zero-order chi connectivity index (χ0) is 28.0. The van der Waals surface area contributed by atoms with Crippen LogP contribution in [0, 0.1) is 23.7 Å². The number of carbonyl (C=O) groups is 1. The first-order chi connectivity index (χ1) is 17.6. The van der Waals surface area contributed by atoms with Crippen molar-refractivity contribution < 1.29 is 29.2 Å². The maximum absolute atomic E-state index is 12.7. The third-order valence-electron chi connectivity index (χ3n) is 7.13. The van der Waals surface area contributed by atoms with Gasteiger partial charge in [-0.2, -0.15) is 0 Å². The van der Waals surface area contributed by atoms with Crippen LogP contribution in [0.1, 0.15) is 77.5 Å². The molecule has 8 heteroatoms. The Kier molecular flexibility index (Phi) is 16.0. The number of benzene rings is 1. The molecule has 0 spiro atoms. The van der Waals surface area contributed by atoms with Gasteiger partial charge in [-0.05, 0) is 66.7 Å². The molecule has 1 amide bonds. The molecule has 0 saturated carbocycles. The van der Waals surface area contributed by atoms with E-state index in [1.807, 2.05) is 45.9 Å². The highest BCUT2D eigenvalue weighted by atomic mass is 16.7. The summed E-state index contributed by atoms with van der Waals surface area (Å²) in [6.07, 6.45) is 1.68. The van der Waals surface area contributed by atoms with Crippen LogP contribution >= 0.6 is 0 Å². The molecule has 1 rings (SSSR count). The molecule has 5 N–H and O–H groups in total. The lowest BCUT2D eigenvalue weighted by molar-refractivity contribution is -0.127. The minimum absolute atomic E-state index is 0.0321. The highest BCUT2D eigenvalue weighted by Gasteiger charge is 2.32. The zero-order valence-corrected chi connectivity index (χ0v) is 24.0. The van der Waals surface area contributed by atoms with Gasteiger partial charge in [0, 0.05) is 25.6 Å². The Morgan fingerprint density at radius 3 is 2.35 bits per heavy atom. The molecule has 0 saturated heterocycles. The van der Waals surface area contributed by atoms with Gasteiger partial charge in [-0.1, -0.05) is 47.1 Å². The van der Waals surface area contributed by atoms with Crippen molar-refractivity contribution in [1.29, 1.82) is 0 Å². The van der Waals surface area contributed by atoms with Crippen LogP contribution in [0.2, 0.25) is 0 Å². The van der Waals surface area contributed by atoms with Crippen molar-refractivity contribution in [2.45, 2.75) is 85.0 Å². The Bertz CT molecular complexity index is 773. The molecule has 1 aromatic rings. The van der Waals surface area contributed by atoms with Crippen molar-refractivity contribution >= 4 is 5.91 Å². The highest BCUT2D eigenvalue weighted by molar-refractivity contribution is 5.78. The Balaban J connectivity index is 2.93. The van der Waals surface area contributed by atoms with E-state index in [0.29, 0.717) is 32.4 Å². The Labute approximate surface area is 224 Å². The van der Waals surface area contributed by atoms with Crippen molar-refractivity contribution in [1.82, 2.24) is 5.32 Å². The summed E-state index contributed by atoms with van der Waals surface area (Å²) >= 11 is 0. The predicted octanol–water partition coefficient (Wildman–Crippen LogP) is 3.82. The number of ether oxygens (including phenoxy) is 3. The number of amides is 1. The maximum Gasteiger partial charge on any atom is 0.223 e. The number of unbranched alkanes of at least 4 members (excludes halogenated alkanes) is 1. The normalized spacial score (nSPS) is 15.9. The second-order valence-corrected chi connectivity index (χ2v) is 10.7. The number of rotatable bonds is 19. The number of carbonyl (C=O) groups excluding carboxylic acids is 1. The van der Waals surface area contributed by atoms with E-state index >= 15 is 0 Å². The summed E-state index contributed by atoms with van der Waals surface area (Å²) in [5, 5.41) is 25.3. The number of methoxy groups -OCH3 is 2. The van der Waals surface area contributed by atoms with E-state index in [9.17, 15) is 15.0 Å². The van der Waals surface area contributed by atoms with E-state index in [0.717, 1.165) is 29.7 Å². The second-order valence-electron chi connectivity index (χ2n) is 10.7. The molecule has 5 atom stereocenters. The van der Waals surface area contributed by atoms with Crippen LogP contribution in [0.3, 0.4) is 0 Å². The fourth-order valence-electron chi connectivity index (χ4n) is 4.62. The van der Waals surface area contributed by atoms with E-state index in [1.165, 1.54) is 0 Å². The van der Waals surface area contributed by atoms with E-state index in [2.05, 4.69) is 12.2 Å². The van der Waals surface area contributed by atoms with Gasteiger partial charge in [0.2, 0.25) is 5.91 Å². The van der Waals surface area contributed by atoms with E-state index < -0.39 is 18.2 Å². The van der Waals surface area contributed by atoms with Crippen molar-refractivity contribution in [2.75, 3.05) is 34.2 Å². The molecule has 0 bridgehead atoms. The number of aliphatic hydroxyl groups is 2. The number of aliphatic hydroxyl groups excluding tert-OH is 2. The Hall–Kier alpha value is -1.71. The third-order valence-corrected chi connectivity index (χ3v) is 7.13. The van der Waals surface area contributed by atoms with Crippen molar-refractivity contribution in [3.8, 4) is 5.75 Å². The average Bonchev–Trinajstić information content (AvgIpc) is 2.87. The fourth-order valence-corrected chi connectivity index (χ4v) is 4.62. The molecule has 37 heavy (non-hydrogen) atoms. The number of nitrogens with two attached hydrogens (primary N) is 1. The van der Waals surface area contributed by atoms with Crippen LogP contribution in [0.5, 0.6) is 5.75 Å². The molecule has 0 aromatic heterocycles. The molecule has 0 aliphatic carbocycles. The quantitative estimate of drug-likeness (QED) is 0.160. The summed E-state index contributed by atoms with van der Waals surface area (Å²) in [4.78, 5) is 12.7. The standard InChI is InChI=1S/C29H52N2O6/c1-8-9-13-31-29(34)24(20(4)5)17-26(32)25(30)16-23(19(2)3)28(33)22-10-11-27(36-7)21(15-22)12-14-37-18-35-6/h10-11,15,19-20,23-26,28,32-33H,8-9,12-14,16-18,30H2,1-7H3,(H,31,34)/t23-,24-,25-,26-,28+/m0/s1. The summed E-state index contributed by atoms with van der Waals surface area (Å²) < 4.78 is 15.9. The highest BCUT2D eigenvalue weighted by Crippen LogP contribution is 2.35. The van der Waals surface area contributed by atoms with Gasteiger partial charge in [-0.3, -0.25) is 4.79 Å². The van der Waals surface area contributed by atoms with Crippen LogP contribution in [-0.2, 0) is 20.7 Å². The lowest BCUT2D eigenvalue weighted by atomic mass is 9.79. The van der Waals surface area contributed by atoms with Crippen molar-refractivity contribution in [2.24, 2.45) is 29.4 Å². The van der Waals surface area contributed by atoms with Crippen LogP contribution in [-0.4, -0.2) is 62.4 Å². The lowest BCUT2D eigenvalue weighted by Crippen LogP contribution is -2.43. The van der Waals surface area contributed by atoms with Gasteiger partial charge in [-0.15, -0.1) is 0 Å². The molecule has 0 fully saturated rings. The molecular weight excluding hydrogens is 472 g/mol. The van der Waals surface area contributed by atoms with Crippen LogP contribution in [0.15, 0.2) is 18.2 Å². The summed E-state index contributed by atoms with van der Waals surface area (Å²) in [5.74, 6) is 0.427. The summed E-state index contributed by atoms with van der Waals surface area (Å²) in [6.45, 7) is 11.5. The lowest BCUT2D eigenvalue weighted by Gasteiger charge is -2.32. The first-order valence-electron chi connectivity index (χ1n) is 13.7. The largest absolute Gasteiger partial charge is 0.496 e. The zero-order valence-electron chi connectivity index (χ0n) is 24.0. The number of hydrogen-bond donors (Lipinski definition) is 4. The fraction of sp³-hybridized carbons (Fsp3) is 0.759.